The van der Waals surface area contributed by atoms with Crippen molar-refractivity contribution in [3.05, 3.63) is 36.0 Å². The van der Waals surface area contributed by atoms with Crippen LogP contribution >= 0.6 is 0 Å². The lowest BCUT2D eigenvalue weighted by atomic mass is 10.0. The summed E-state index contributed by atoms with van der Waals surface area (Å²) in [4.78, 5) is 11.6. The molecule has 0 spiro atoms. The Balaban J connectivity index is 2.21. The van der Waals surface area contributed by atoms with Gasteiger partial charge in [-0.2, -0.15) is 0 Å². The third kappa shape index (κ3) is 5.89. The van der Waals surface area contributed by atoms with Crippen molar-refractivity contribution < 1.29 is 19.1 Å². The first-order chi connectivity index (χ1) is 13.2. The van der Waals surface area contributed by atoms with Crippen molar-refractivity contribution in [3.8, 4) is 11.8 Å². The standard InChI is InChI=1S/C19H22FN5O3/c1-5-28-18(26)21-17-24-23-16-9-7-14(12-25(16)17)13(2)6-8-15(22-20)10-11-19(3,4)27/h6-9,12-13,27H,5H2,1-4H3,(H,21,24,26)/b8-6-,22-15+. The molecule has 2 aromatic rings. The van der Waals surface area contributed by atoms with Crippen molar-refractivity contribution in [2.24, 2.45) is 5.21 Å². The highest BCUT2D eigenvalue weighted by atomic mass is 19.2. The molecule has 0 aliphatic heterocycles. The summed E-state index contributed by atoms with van der Waals surface area (Å²) in [5.41, 5.74) is 0.0823. The van der Waals surface area contributed by atoms with Gasteiger partial charge >= 0.3 is 6.09 Å². The van der Waals surface area contributed by atoms with Crippen molar-refractivity contribution >= 4 is 23.4 Å². The minimum absolute atomic E-state index is 0.0935. The van der Waals surface area contributed by atoms with E-state index in [1.165, 1.54) is 19.9 Å². The van der Waals surface area contributed by atoms with Crippen LogP contribution in [0.5, 0.6) is 0 Å². The molecule has 0 aromatic carbocycles. The first kappa shape index (κ1) is 21.1. The zero-order valence-electron chi connectivity index (χ0n) is 16.1. The molecule has 0 saturated carbocycles. The number of ether oxygens (including phenoxy) is 1. The van der Waals surface area contributed by atoms with Gasteiger partial charge in [0.15, 0.2) is 5.65 Å². The average Bonchev–Trinajstić information content (AvgIpc) is 3.03. The van der Waals surface area contributed by atoms with Crippen molar-refractivity contribution in [2.75, 3.05) is 11.9 Å². The van der Waals surface area contributed by atoms with E-state index in [1.54, 1.807) is 29.7 Å². The summed E-state index contributed by atoms with van der Waals surface area (Å²) in [6.07, 6.45) is 4.31. The van der Waals surface area contributed by atoms with Crippen molar-refractivity contribution in [1.82, 2.24) is 14.6 Å². The Morgan fingerprint density at radius 1 is 1.50 bits per heavy atom. The number of amides is 1. The smallest absolute Gasteiger partial charge is 0.414 e. The quantitative estimate of drug-likeness (QED) is 0.607. The van der Waals surface area contributed by atoms with Gasteiger partial charge in [0.05, 0.1) is 6.61 Å². The summed E-state index contributed by atoms with van der Waals surface area (Å²) in [6.45, 7) is 6.84. The topological polar surface area (TPSA) is 101 Å². The van der Waals surface area contributed by atoms with Gasteiger partial charge in [-0.3, -0.25) is 9.72 Å². The van der Waals surface area contributed by atoms with Gasteiger partial charge in [-0.1, -0.05) is 34.7 Å². The highest BCUT2D eigenvalue weighted by Gasteiger charge is 2.12. The van der Waals surface area contributed by atoms with Crippen LogP contribution < -0.4 is 5.32 Å². The normalized spacial score (nSPS) is 13.3. The number of fused-ring (bicyclic) bond motifs is 1. The van der Waals surface area contributed by atoms with E-state index in [4.69, 9.17) is 4.74 Å². The van der Waals surface area contributed by atoms with Crippen LogP contribution in [0.1, 0.15) is 39.2 Å². The van der Waals surface area contributed by atoms with Gasteiger partial charge < -0.3 is 9.84 Å². The van der Waals surface area contributed by atoms with Crippen LogP contribution in [0, 0.1) is 11.8 Å². The highest BCUT2D eigenvalue weighted by Crippen LogP contribution is 2.19. The van der Waals surface area contributed by atoms with Crippen LogP contribution in [0.2, 0.25) is 0 Å². The van der Waals surface area contributed by atoms with Gasteiger partial charge in [0, 0.05) is 12.1 Å². The number of rotatable bonds is 5. The van der Waals surface area contributed by atoms with Crippen LogP contribution in [0.15, 0.2) is 35.7 Å². The Morgan fingerprint density at radius 3 is 2.89 bits per heavy atom. The Bertz CT molecular complexity index is 963. The van der Waals surface area contributed by atoms with E-state index in [-0.39, 0.29) is 24.2 Å². The van der Waals surface area contributed by atoms with Crippen LogP contribution in [0.3, 0.4) is 0 Å². The van der Waals surface area contributed by atoms with Crippen LogP contribution in [-0.2, 0) is 4.74 Å². The molecule has 0 aliphatic rings. The fourth-order valence-electron chi connectivity index (χ4n) is 2.17. The largest absolute Gasteiger partial charge is 0.450 e. The molecule has 0 bridgehead atoms. The third-order valence-electron chi connectivity index (χ3n) is 3.57. The number of hydrogen-bond acceptors (Lipinski definition) is 6. The number of carbonyl (C=O) groups is 1. The number of aromatic nitrogens is 3. The third-order valence-corrected chi connectivity index (χ3v) is 3.57. The Kier molecular flexibility index (Phi) is 6.84. The SMILES string of the molecule is CCOC(=O)Nc1nnc2ccc(C(C)/C=C\C(C#CC(C)(C)O)=N/F)cn12. The van der Waals surface area contributed by atoms with Crippen LogP contribution in [-0.4, -0.2) is 43.7 Å². The molecule has 8 nitrogen and oxygen atoms in total. The molecule has 1 unspecified atom stereocenters. The fourth-order valence-corrected chi connectivity index (χ4v) is 2.17. The average molecular weight is 387 g/mol. The molecular formula is C19H22FN5O3. The zero-order valence-corrected chi connectivity index (χ0v) is 16.1. The van der Waals surface area contributed by atoms with Crippen LogP contribution in [0.25, 0.3) is 5.65 Å². The molecule has 2 aromatic heterocycles. The second kappa shape index (κ2) is 9.10. The molecule has 148 valence electrons. The van der Waals surface area contributed by atoms with Crippen molar-refractivity contribution in [2.45, 2.75) is 39.2 Å². The number of allylic oxidation sites excluding steroid dienone is 2. The van der Waals surface area contributed by atoms with Gasteiger partial charge in [0.25, 0.3) is 0 Å². The first-order valence-corrected chi connectivity index (χ1v) is 8.64. The number of anilines is 1. The van der Waals surface area contributed by atoms with Gasteiger partial charge in [-0.15, -0.1) is 10.2 Å². The van der Waals surface area contributed by atoms with Crippen LogP contribution in [0.4, 0.5) is 15.2 Å². The van der Waals surface area contributed by atoms with E-state index in [2.05, 4.69) is 32.6 Å². The predicted octanol–water partition coefficient (Wildman–Crippen LogP) is 3.06. The fraction of sp³-hybridized carbons (Fsp3) is 0.368. The predicted molar refractivity (Wildman–Crippen MR) is 104 cm³/mol. The van der Waals surface area contributed by atoms with Gasteiger partial charge in [-0.05, 0) is 44.4 Å². The maximum absolute atomic E-state index is 12.8. The lowest BCUT2D eigenvalue weighted by Crippen LogP contribution is -2.15. The Labute approximate surface area is 162 Å². The number of aliphatic hydroxyl groups is 1. The van der Waals surface area contributed by atoms with E-state index < -0.39 is 11.7 Å². The number of carbonyl (C=O) groups excluding carboxylic acids is 1. The summed E-state index contributed by atoms with van der Waals surface area (Å²) in [7, 11) is 0. The van der Waals surface area contributed by atoms with E-state index in [1.807, 2.05) is 13.0 Å². The molecule has 2 N–H and O–H groups in total. The first-order valence-electron chi connectivity index (χ1n) is 8.64. The molecule has 0 aliphatic carbocycles. The molecule has 1 amide bonds. The van der Waals surface area contributed by atoms with Gasteiger partial charge in [0.2, 0.25) is 5.95 Å². The number of halogens is 1. The number of nitrogens with one attached hydrogen (secondary N) is 1. The summed E-state index contributed by atoms with van der Waals surface area (Å²) in [6, 6.07) is 3.60. The van der Waals surface area contributed by atoms with E-state index in [0.717, 1.165) is 5.56 Å². The molecule has 2 heterocycles. The molecular weight excluding hydrogens is 365 g/mol. The second-order valence-corrected chi connectivity index (χ2v) is 6.49. The molecule has 0 saturated heterocycles. The summed E-state index contributed by atoms with van der Waals surface area (Å²) in [5.74, 6) is 5.10. The summed E-state index contributed by atoms with van der Waals surface area (Å²) >= 11 is 0. The zero-order chi connectivity index (χ0) is 20.7. The van der Waals surface area contributed by atoms with Crippen molar-refractivity contribution in [1.29, 1.82) is 0 Å². The van der Waals surface area contributed by atoms with Gasteiger partial charge in [0.1, 0.15) is 11.3 Å². The summed E-state index contributed by atoms with van der Waals surface area (Å²) in [5, 5.41) is 22.6. The minimum atomic E-state index is -1.24. The lowest BCUT2D eigenvalue weighted by Gasteiger charge is -2.09. The molecule has 28 heavy (non-hydrogen) atoms. The number of nitrogens with zero attached hydrogens (tertiary/aromatic N) is 4. The number of hydrogen-bond donors (Lipinski definition) is 2. The maximum Gasteiger partial charge on any atom is 0.414 e. The molecule has 2 rings (SSSR count). The monoisotopic (exact) mass is 387 g/mol. The van der Waals surface area contributed by atoms with Crippen molar-refractivity contribution in [3.63, 3.8) is 0 Å². The number of pyridine rings is 1. The highest BCUT2D eigenvalue weighted by molar-refractivity contribution is 6.08. The van der Waals surface area contributed by atoms with E-state index >= 15 is 0 Å². The van der Waals surface area contributed by atoms with Gasteiger partial charge in [-0.25, -0.2) is 4.79 Å². The van der Waals surface area contributed by atoms with E-state index in [0.29, 0.717) is 5.65 Å². The molecule has 0 fully saturated rings. The Morgan fingerprint density at radius 2 is 2.25 bits per heavy atom. The molecule has 1 atom stereocenters. The maximum atomic E-state index is 12.8. The molecule has 0 radical (unpaired) electrons. The lowest BCUT2D eigenvalue weighted by molar-refractivity contribution is 0.143. The summed E-state index contributed by atoms with van der Waals surface area (Å²) < 4.78 is 19.2. The second-order valence-electron chi connectivity index (χ2n) is 6.49. The van der Waals surface area contributed by atoms with E-state index in [9.17, 15) is 14.4 Å². The Hall–Kier alpha value is -3.25. The molecule has 9 heteroatoms. The minimum Gasteiger partial charge on any atom is -0.450 e.